The van der Waals surface area contributed by atoms with E-state index in [1.807, 2.05) is 56.5 Å². The molecule has 0 aliphatic carbocycles. The number of nitrogens with one attached hydrogen (secondary N) is 1. The van der Waals surface area contributed by atoms with Crippen LogP contribution >= 0.6 is 34.8 Å². The fourth-order valence-corrected chi connectivity index (χ4v) is 5.05. The topological polar surface area (TPSA) is 76.8 Å². The van der Waals surface area contributed by atoms with Crippen LogP contribution in [0.1, 0.15) is 42.6 Å². The van der Waals surface area contributed by atoms with Gasteiger partial charge in [0.15, 0.2) is 11.0 Å². The standard InChI is InChI=1S/C28H30Cl3N5O/c1-18-7-6-8-19-15-20(28(31)34-27(18)19)10-11-26-35(2)23-16-21(29)22(30)17-24(23)36(26)14-5-3-4-9-25(37)33-13-12-32/h6-8,10-11,15-17H,3-5,9,12-14,32H2,1-2H3/p+1. The first-order chi connectivity index (χ1) is 17.8. The molecule has 0 atom stereocenters. The quantitative estimate of drug-likeness (QED) is 0.140. The average molecular weight is 560 g/mol. The Morgan fingerprint density at radius 1 is 1.11 bits per heavy atom. The summed E-state index contributed by atoms with van der Waals surface area (Å²) >= 11 is 19.3. The minimum Gasteiger partial charge on any atom is -0.355 e. The molecule has 3 N–H and O–H groups in total. The summed E-state index contributed by atoms with van der Waals surface area (Å²) in [5.41, 5.74) is 10.3. The number of benzene rings is 2. The molecule has 194 valence electrons. The van der Waals surface area contributed by atoms with Crippen molar-refractivity contribution >= 4 is 74.8 Å². The first kappa shape index (κ1) is 27.4. The number of hydrogen-bond acceptors (Lipinski definition) is 3. The molecular formula is C28H31Cl3N5O+. The molecular weight excluding hydrogens is 529 g/mol. The number of aromatic nitrogens is 3. The van der Waals surface area contributed by atoms with E-state index >= 15 is 0 Å². The number of aryl methyl sites for hydroxylation is 3. The van der Waals surface area contributed by atoms with Crippen LogP contribution in [0.15, 0.2) is 36.4 Å². The number of pyridine rings is 1. The molecule has 4 rings (SSSR count). The number of para-hydroxylation sites is 1. The SMILES string of the molecule is Cc1cccc2cc(/C=C/c3n(CCCCCC(=O)NCCN)c4cc(Cl)c(Cl)cc4[n+]3C)c(Cl)nc12. The second-order valence-electron chi connectivity index (χ2n) is 9.12. The fourth-order valence-electron chi connectivity index (χ4n) is 4.53. The van der Waals surface area contributed by atoms with E-state index in [2.05, 4.69) is 25.5 Å². The van der Waals surface area contributed by atoms with Crippen LogP contribution in [-0.2, 0) is 18.4 Å². The highest BCUT2D eigenvalue weighted by molar-refractivity contribution is 6.42. The largest absolute Gasteiger partial charge is 0.355 e. The van der Waals surface area contributed by atoms with Crippen molar-refractivity contribution in [3.63, 3.8) is 0 Å². The Morgan fingerprint density at radius 3 is 2.68 bits per heavy atom. The van der Waals surface area contributed by atoms with Gasteiger partial charge in [0.2, 0.25) is 5.91 Å². The molecule has 0 aliphatic rings. The van der Waals surface area contributed by atoms with Crippen molar-refractivity contribution in [2.24, 2.45) is 12.8 Å². The van der Waals surface area contributed by atoms with Crippen LogP contribution in [0.5, 0.6) is 0 Å². The Morgan fingerprint density at radius 2 is 1.89 bits per heavy atom. The van der Waals surface area contributed by atoms with Crippen LogP contribution in [0.3, 0.4) is 0 Å². The van der Waals surface area contributed by atoms with Gasteiger partial charge >= 0.3 is 0 Å². The molecule has 4 aromatic rings. The van der Waals surface area contributed by atoms with E-state index in [-0.39, 0.29) is 5.91 Å². The summed E-state index contributed by atoms with van der Waals surface area (Å²) < 4.78 is 4.33. The number of hydrogen-bond donors (Lipinski definition) is 2. The summed E-state index contributed by atoms with van der Waals surface area (Å²) in [4.78, 5) is 16.5. The third-order valence-corrected chi connectivity index (χ3v) is 7.51. The van der Waals surface area contributed by atoms with Gasteiger partial charge in [-0.3, -0.25) is 4.79 Å². The zero-order valence-corrected chi connectivity index (χ0v) is 23.3. The number of carbonyl (C=O) groups excluding carboxylic acids is 1. The lowest BCUT2D eigenvalue weighted by molar-refractivity contribution is -0.647. The predicted octanol–water partition coefficient (Wildman–Crippen LogP) is 6.09. The van der Waals surface area contributed by atoms with Gasteiger partial charge in [-0.15, -0.1) is 0 Å². The van der Waals surface area contributed by atoms with Gasteiger partial charge in [0.05, 0.1) is 29.2 Å². The molecule has 0 aliphatic heterocycles. The van der Waals surface area contributed by atoms with Gasteiger partial charge < -0.3 is 11.1 Å². The number of imidazole rings is 1. The van der Waals surface area contributed by atoms with Gasteiger partial charge in [-0.1, -0.05) is 53.0 Å². The van der Waals surface area contributed by atoms with Crippen molar-refractivity contribution in [1.82, 2.24) is 14.9 Å². The Labute approximate surface area is 232 Å². The summed E-state index contributed by atoms with van der Waals surface area (Å²) in [6.45, 7) is 3.76. The van der Waals surface area contributed by atoms with Crippen LogP contribution in [0.2, 0.25) is 15.2 Å². The van der Waals surface area contributed by atoms with E-state index in [0.29, 0.717) is 34.7 Å². The molecule has 37 heavy (non-hydrogen) atoms. The molecule has 0 fully saturated rings. The fraction of sp³-hybridized carbons (Fsp3) is 0.321. The molecule has 2 aromatic carbocycles. The highest BCUT2D eigenvalue weighted by Gasteiger charge is 2.22. The molecule has 6 nitrogen and oxygen atoms in total. The van der Waals surface area contributed by atoms with Gasteiger partial charge in [0.25, 0.3) is 5.82 Å². The van der Waals surface area contributed by atoms with Crippen LogP contribution in [0.4, 0.5) is 0 Å². The number of halogens is 3. The Bertz CT molecular complexity index is 1480. The number of rotatable bonds is 10. The lowest BCUT2D eigenvalue weighted by atomic mass is 10.1. The van der Waals surface area contributed by atoms with Gasteiger partial charge in [-0.25, -0.2) is 14.1 Å². The molecule has 2 aromatic heterocycles. The minimum atomic E-state index is 0.0457. The number of carbonyl (C=O) groups is 1. The van der Waals surface area contributed by atoms with Crippen molar-refractivity contribution in [2.45, 2.75) is 39.2 Å². The van der Waals surface area contributed by atoms with Crippen LogP contribution in [0.25, 0.3) is 34.1 Å². The van der Waals surface area contributed by atoms with E-state index in [1.54, 1.807) is 0 Å². The summed E-state index contributed by atoms with van der Waals surface area (Å²) in [6.07, 6.45) is 7.19. The van der Waals surface area contributed by atoms with Crippen LogP contribution in [-0.4, -0.2) is 28.5 Å². The van der Waals surface area contributed by atoms with E-state index in [9.17, 15) is 4.79 Å². The monoisotopic (exact) mass is 558 g/mol. The second kappa shape index (κ2) is 12.3. The van der Waals surface area contributed by atoms with E-state index in [0.717, 1.165) is 64.7 Å². The van der Waals surface area contributed by atoms with Crippen LogP contribution in [0, 0.1) is 6.92 Å². The molecule has 0 unspecified atom stereocenters. The average Bonchev–Trinajstić information content (AvgIpc) is 3.12. The van der Waals surface area contributed by atoms with Gasteiger partial charge in [-0.05, 0) is 43.9 Å². The Kier molecular flexibility index (Phi) is 9.08. The van der Waals surface area contributed by atoms with Crippen molar-refractivity contribution in [2.75, 3.05) is 13.1 Å². The van der Waals surface area contributed by atoms with E-state index in [1.165, 1.54) is 0 Å². The number of nitrogens with zero attached hydrogens (tertiary/aromatic N) is 3. The van der Waals surface area contributed by atoms with Crippen LogP contribution < -0.4 is 15.6 Å². The predicted molar refractivity (Wildman–Crippen MR) is 154 cm³/mol. The molecule has 9 heteroatoms. The number of fused-ring (bicyclic) bond motifs is 2. The van der Waals surface area contributed by atoms with Crippen molar-refractivity contribution in [3.8, 4) is 0 Å². The third-order valence-electron chi connectivity index (χ3n) is 6.48. The third kappa shape index (κ3) is 6.27. The van der Waals surface area contributed by atoms with Crippen molar-refractivity contribution in [3.05, 3.63) is 68.5 Å². The normalized spacial score (nSPS) is 11.7. The molecule has 2 heterocycles. The van der Waals surface area contributed by atoms with Crippen molar-refractivity contribution < 1.29 is 9.36 Å². The Hall–Kier alpha value is -2.64. The molecule has 0 bridgehead atoms. The summed E-state index contributed by atoms with van der Waals surface area (Å²) in [7, 11) is 2.01. The first-order valence-electron chi connectivity index (χ1n) is 12.4. The second-order valence-corrected chi connectivity index (χ2v) is 10.3. The van der Waals surface area contributed by atoms with Crippen molar-refractivity contribution in [1.29, 1.82) is 0 Å². The lowest BCUT2D eigenvalue weighted by Gasteiger charge is -2.05. The van der Waals surface area contributed by atoms with Gasteiger partial charge in [0, 0.05) is 48.7 Å². The number of amides is 1. The molecule has 0 saturated heterocycles. The molecule has 0 radical (unpaired) electrons. The highest BCUT2D eigenvalue weighted by Crippen LogP contribution is 2.29. The molecule has 1 amide bonds. The van der Waals surface area contributed by atoms with E-state index in [4.69, 9.17) is 40.5 Å². The Balaban J connectivity index is 1.61. The van der Waals surface area contributed by atoms with E-state index < -0.39 is 0 Å². The molecule has 0 spiro atoms. The van der Waals surface area contributed by atoms with Gasteiger partial charge in [0.1, 0.15) is 5.15 Å². The zero-order valence-electron chi connectivity index (χ0n) is 21.0. The molecule has 0 saturated carbocycles. The summed E-state index contributed by atoms with van der Waals surface area (Å²) in [6, 6.07) is 12.0. The minimum absolute atomic E-state index is 0.0457. The smallest absolute Gasteiger partial charge is 0.282 e. The van der Waals surface area contributed by atoms with Gasteiger partial charge in [-0.2, -0.15) is 0 Å². The number of nitrogens with two attached hydrogens (primary N) is 1. The maximum atomic E-state index is 11.9. The zero-order chi connectivity index (χ0) is 26.5. The maximum Gasteiger partial charge on any atom is 0.282 e. The highest BCUT2D eigenvalue weighted by atomic mass is 35.5. The lowest BCUT2D eigenvalue weighted by Crippen LogP contribution is -2.31. The maximum absolute atomic E-state index is 11.9. The first-order valence-corrected chi connectivity index (χ1v) is 13.5. The summed E-state index contributed by atoms with van der Waals surface area (Å²) in [5, 5.41) is 5.34. The number of unbranched alkanes of at least 4 members (excludes halogenated alkanes) is 2. The summed E-state index contributed by atoms with van der Waals surface area (Å²) in [5.74, 6) is 1.03.